The quantitative estimate of drug-likeness (QED) is 0.731. The third-order valence-electron chi connectivity index (χ3n) is 1.96. The van der Waals surface area contributed by atoms with Crippen LogP contribution in [0.1, 0.15) is 10.4 Å². The summed E-state index contributed by atoms with van der Waals surface area (Å²) in [5.74, 6) is -1.16. The van der Waals surface area contributed by atoms with Gasteiger partial charge >= 0.3 is 5.97 Å². The van der Waals surface area contributed by atoms with Gasteiger partial charge in [0.05, 0.1) is 0 Å². The number of hydrogen-bond acceptors (Lipinski definition) is 4. The molecule has 0 fully saturated rings. The van der Waals surface area contributed by atoms with Crippen LogP contribution in [0.5, 0.6) is 0 Å². The predicted molar refractivity (Wildman–Crippen MR) is 63.9 cm³/mol. The van der Waals surface area contributed by atoms with Gasteiger partial charge in [0.25, 0.3) is 0 Å². The minimum absolute atomic E-state index is 0.00179. The standard InChI is InChI=1S/C11H11NO4S/c13-7-12-9(10(14)15)6-17-11(16)8-4-2-1-3-5-8/h1-5,7,9H,6H2,(H,12,13)(H,14,15)/t9-/m0/s1. The van der Waals surface area contributed by atoms with E-state index in [1.54, 1.807) is 30.3 Å². The van der Waals surface area contributed by atoms with Crippen LogP contribution in [-0.4, -0.2) is 34.4 Å². The van der Waals surface area contributed by atoms with Gasteiger partial charge in [-0.25, -0.2) is 4.79 Å². The first-order chi connectivity index (χ1) is 8.15. The van der Waals surface area contributed by atoms with Crippen LogP contribution in [0.3, 0.4) is 0 Å². The molecule has 0 saturated heterocycles. The predicted octanol–water partition coefficient (Wildman–Crippen LogP) is 0.759. The number of carbonyl (C=O) groups excluding carboxylic acids is 2. The minimum atomic E-state index is -1.16. The van der Waals surface area contributed by atoms with Crippen molar-refractivity contribution >= 4 is 29.3 Å². The van der Waals surface area contributed by atoms with E-state index in [1.165, 1.54) is 0 Å². The Bertz CT molecular complexity index is 407. The molecule has 0 heterocycles. The van der Waals surface area contributed by atoms with Crippen LogP contribution in [0, 0.1) is 0 Å². The Morgan fingerprint density at radius 3 is 2.53 bits per heavy atom. The summed E-state index contributed by atoms with van der Waals surface area (Å²) in [7, 11) is 0. The summed E-state index contributed by atoms with van der Waals surface area (Å²) >= 11 is 0.865. The highest BCUT2D eigenvalue weighted by Crippen LogP contribution is 2.13. The Morgan fingerprint density at radius 1 is 1.35 bits per heavy atom. The van der Waals surface area contributed by atoms with Crippen LogP contribution < -0.4 is 5.32 Å². The molecule has 0 aliphatic heterocycles. The average Bonchev–Trinajstić information content (AvgIpc) is 2.34. The molecule has 1 rings (SSSR count). The lowest BCUT2D eigenvalue weighted by Gasteiger charge is -2.09. The van der Waals surface area contributed by atoms with Gasteiger partial charge in [-0.2, -0.15) is 0 Å². The highest BCUT2D eigenvalue weighted by molar-refractivity contribution is 8.14. The highest BCUT2D eigenvalue weighted by atomic mass is 32.2. The van der Waals surface area contributed by atoms with Crippen molar-refractivity contribution in [3.8, 4) is 0 Å². The molecule has 1 atom stereocenters. The van der Waals surface area contributed by atoms with Crippen molar-refractivity contribution in [2.45, 2.75) is 6.04 Å². The van der Waals surface area contributed by atoms with Gasteiger partial charge in [0, 0.05) is 11.3 Å². The first-order valence-electron chi connectivity index (χ1n) is 4.80. The van der Waals surface area contributed by atoms with Crippen molar-refractivity contribution in [1.82, 2.24) is 5.32 Å². The second-order valence-corrected chi connectivity index (χ2v) is 4.13. The Balaban J connectivity index is 2.52. The lowest BCUT2D eigenvalue weighted by atomic mass is 10.2. The van der Waals surface area contributed by atoms with Crippen molar-refractivity contribution < 1.29 is 19.5 Å². The number of aliphatic carboxylic acids is 1. The van der Waals surface area contributed by atoms with Gasteiger partial charge in [-0.05, 0) is 0 Å². The number of benzene rings is 1. The Morgan fingerprint density at radius 2 is 2.00 bits per heavy atom. The maximum absolute atomic E-state index is 11.6. The fraction of sp³-hybridized carbons (Fsp3) is 0.182. The number of carbonyl (C=O) groups is 3. The van der Waals surface area contributed by atoms with Crippen LogP contribution in [-0.2, 0) is 9.59 Å². The van der Waals surface area contributed by atoms with Crippen LogP contribution in [0.4, 0.5) is 0 Å². The summed E-state index contributed by atoms with van der Waals surface area (Å²) in [6.07, 6.45) is 0.312. The molecule has 5 nitrogen and oxygen atoms in total. The van der Waals surface area contributed by atoms with Crippen molar-refractivity contribution in [2.24, 2.45) is 0 Å². The van der Waals surface area contributed by atoms with E-state index in [1.807, 2.05) is 0 Å². The zero-order chi connectivity index (χ0) is 12.7. The molecule has 0 spiro atoms. The summed E-state index contributed by atoms with van der Waals surface area (Å²) in [6.45, 7) is 0. The van der Waals surface area contributed by atoms with Crippen molar-refractivity contribution in [3.05, 3.63) is 35.9 Å². The largest absolute Gasteiger partial charge is 0.480 e. The van der Waals surface area contributed by atoms with E-state index in [2.05, 4.69) is 5.32 Å². The monoisotopic (exact) mass is 253 g/mol. The normalized spacial score (nSPS) is 11.5. The van der Waals surface area contributed by atoms with Gasteiger partial charge < -0.3 is 10.4 Å². The van der Waals surface area contributed by atoms with E-state index in [4.69, 9.17) is 5.11 Å². The molecule has 1 amide bonds. The van der Waals surface area contributed by atoms with E-state index in [9.17, 15) is 14.4 Å². The first-order valence-corrected chi connectivity index (χ1v) is 5.78. The van der Waals surface area contributed by atoms with Gasteiger partial charge in [-0.3, -0.25) is 9.59 Å². The van der Waals surface area contributed by atoms with E-state index in [-0.39, 0.29) is 10.9 Å². The molecule has 0 bridgehead atoms. The van der Waals surface area contributed by atoms with Crippen LogP contribution in [0.25, 0.3) is 0 Å². The van der Waals surface area contributed by atoms with Gasteiger partial charge in [-0.1, -0.05) is 42.1 Å². The number of hydrogen-bond donors (Lipinski definition) is 2. The van der Waals surface area contributed by atoms with Gasteiger partial charge in [-0.15, -0.1) is 0 Å². The molecule has 0 aromatic heterocycles. The second kappa shape index (κ2) is 6.70. The number of rotatable bonds is 6. The van der Waals surface area contributed by atoms with Gasteiger partial charge in [0.15, 0.2) is 0 Å². The molecule has 0 saturated carbocycles. The number of carboxylic acid groups (broad SMARTS) is 1. The van der Waals surface area contributed by atoms with Gasteiger partial charge in [0.1, 0.15) is 6.04 Å². The van der Waals surface area contributed by atoms with Crippen LogP contribution in [0.2, 0.25) is 0 Å². The summed E-state index contributed by atoms with van der Waals surface area (Å²) in [5, 5.41) is 10.7. The molecule has 0 aliphatic rings. The third kappa shape index (κ3) is 4.28. The molecule has 17 heavy (non-hydrogen) atoms. The van der Waals surface area contributed by atoms with Crippen LogP contribution >= 0.6 is 11.8 Å². The molecular formula is C11H11NO4S. The zero-order valence-corrected chi connectivity index (χ0v) is 9.65. The van der Waals surface area contributed by atoms with Crippen molar-refractivity contribution in [3.63, 3.8) is 0 Å². The van der Waals surface area contributed by atoms with Crippen molar-refractivity contribution in [2.75, 3.05) is 5.75 Å². The zero-order valence-electron chi connectivity index (χ0n) is 8.83. The first kappa shape index (κ1) is 13.2. The number of amides is 1. The topological polar surface area (TPSA) is 83.5 Å². The third-order valence-corrected chi connectivity index (χ3v) is 2.96. The summed E-state index contributed by atoms with van der Waals surface area (Å²) in [6, 6.07) is 7.50. The highest BCUT2D eigenvalue weighted by Gasteiger charge is 2.18. The fourth-order valence-corrected chi connectivity index (χ4v) is 1.95. The molecule has 2 N–H and O–H groups in total. The molecule has 1 aromatic rings. The molecule has 90 valence electrons. The molecule has 6 heteroatoms. The maximum Gasteiger partial charge on any atom is 0.327 e. The molecule has 1 aromatic carbocycles. The lowest BCUT2D eigenvalue weighted by molar-refractivity contribution is -0.139. The number of thioether (sulfide) groups is 1. The second-order valence-electron chi connectivity index (χ2n) is 3.14. The summed E-state index contributed by atoms with van der Waals surface area (Å²) in [4.78, 5) is 32.5. The van der Waals surface area contributed by atoms with E-state index in [0.29, 0.717) is 12.0 Å². The molecule has 0 radical (unpaired) electrons. The Kier molecular flexibility index (Phi) is 5.22. The van der Waals surface area contributed by atoms with Gasteiger partial charge in [0.2, 0.25) is 11.5 Å². The number of carboxylic acids is 1. The molecular weight excluding hydrogens is 242 g/mol. The van der Waals surface area contributed by atoms with E-state index >= 15 is 0 Å². The number of nitrogens with one attached hydrogen (secondary N) is 1. The SMILES string of the molecule is O=CN[C@@H](CSC(=O)c1ccccc1)C(=O)O. The fourth-order valence-electron chi connectivity index (χ4n) is 1.09. The Labute approximate surface area is 102 Å². The minimum Gasteiger partial charge on any atom is -0.480 e. The molecule has 0 unspecified atom stereocenters. The van der Waals surface area contributed by atoms with Crippen molar-refractivity contribution in [1.29, 1.82) is 0 Å². The Hall–Kier alpha value is -1.82. The summed E-state index contributed by atoms with van der Waals surface area (Å²) < 4.78 is 0. The van der Waals surface area contributed by atoms with E-state index in [0.717, 1.165) is 11.8 Å². The van der Waals surface area contributed by atoms with E-state index < -0.39 is 12.0 Å². The summed E-state index contributed by atoms with van der Waals surface area (Å²) in [5.41, 5.74) is 0.507. The maximum atomic E-state index is 11.6. The lowest BCUT2D eigenvalue weighted by Crippen LogP contribution is -2.38. The van der Waals surface area contributed by atoms with Crippen LogP contribution in [0.15, 0.2) is 30.3 Å². The molecule has 0 aliphatic carbocycles. The smallest absolute Gasteiger partial charge is 0.327 e. The average molecular weight is 253 g/mol.